The van der Waals surface area contributed by atoms with E-state index in [-0.39, 0.29) is 5.56 Å². The first-order chi connectivity index (χ1) is 13.1. The number of nitrogens with zero attached hydrogens (tertiary/aromatic N) is 2. The van der Waals surface area contributed by atoms with Crippen molar-refractivity contribution >= 4 is 27.8 Å². The summed E-state index contributed by atoms with van der Waals surface area (Å²) in [5.41, 5.74) is 5.24. The predicted octanol–water partition coefficient (Wildman–Crippen LogP) is 4.49. The maximum atomic E-state index is 14.3. The zero-order valence-electron chi connectivity index (χ0n) is 14.4. The van der Waals surface area contributed by atoms with E-state index in [0.29, 0.717) is 5.56 Å². The summed E-state index contributed by atoms with van der Waals surface area (Å²) in [7, 11) is 0. The first-order valence-corrected chi connectivity index (χ1v) is 8.94. The smallest absolute Gasteiger partial charge is 0.338 e. The van der Waals surface area contributed by atoms with Crippen LogP contribution in [0, 0.1) is 5.82 Å². The molecule has 0 atom stereocenters. The van der Waals surface area contributed by atoms with Crippen molar-refractivity contribution in [3.63, 3.8) is 0 Å². The Morgan fingerprint density at radius 2 is 1.93 bits per heavy atom. The van der Waals surface area contributed by atoms with E-state index in [1.165, 1.54) is 17.7 Å². The Kier molecular flexibility index (Phi) is 3.47. The lowest BCUT2D eigenvalue weighted by Crippen LogP contribution is -2.08. The fraction of sp³-hybridized carbons (Fsp3) is 0.190. The molecule has 0 amide bonds. The molecule has 0 radical (unpaired) electrons. The summed E-state index contributed by atoms with van der Waals surface area (Å²) in [6, 6.07) is 8.14. The van der Waals surface area contributed by atoms with Crippen LogP contribution in [-0.2, 0) is 12.8 Å². The molecule has 0 bridgehead atoms. The zero-order valence-corrected chi connectivity index (χ0v) is 14.4. The number of fused-ring (bicyclic) bond motifs is 5. The van der Waals surface area contributed by atoms with Crippen LogP contribution in [0.4, 0.5) is 4.39 Å². The topological polar surface area (TPSA) is 78.9 Å². The van der Waals surface area contributed by atoms with Crippen molar-refractivity contribution in [3.8, 4) is 11.3 Å². The summed E-state index contributed by atoms with van der Waals surface area (Å²) in [5, 5.41) is 18.4. The lowest BCUT2D eigenvalue weighted by atomic mass is 9.85. The second kappa shape index (κ2) is 5.87. The van der Waals surface area contributed by atoms with E-state index in [9.17, 15) is 9.18 Å². The molecule has 2 aromatic carbocycles. The summed E-state index contributed by atoms with van der Waals surface area (Å²) in [4.78, 5) is 16.0. The molecular formula is C21H16FN3O2. The number of carboxylic acids is 1. The average molecular weight is 361 g/mol. The predicted molar refractivity (Wildman–Crippen MR) is 100 cm³/mol. The van der Waals surface area contributed by atoms with Gasteiger partial charge < -0.3 is 5.11 Å². The number of carboxylic acid groups (broad SMARTS) is 1. The largest absolute Gasteiger partial charge is 0.478 e. The zero-order chi connectivity index (χ0) is 18.5. The third-order valence-corrected chi connectivity index (χ3v) is 5.36. The van der Waals surface area contributed by atoms with E-state index in [4.69, 9.17) is 10.1 Å². The molecule has 4 aromatic rings. The van der Waals surface area contributed by atoms with Gasteiger partial charge in [-0.25, -0.2) is 14.2 Å². The number of aromatic carboxylic acids is 1. The lowest BCUT2D eigenvalue weighted by molar-refractivity contribution is 0.0692. The van der Waals surface area contributed by atoms with Gasteiger partial charge in [-0.05, 0) is 61.1 Å². The molecule has 0 saturated heterocycles. The van der Waals surface area contributed by atoms with Crippen LogP contribution in [0.5, 0.6) is 0 Å². The molecule has 2 heterocycles. The van der Waals surface area contributed by atoms with E-state index in [0.717, 1.165) is 58.7 Å². The Labute approximate surface area is 153 Å². The minimum Gasteiger partial charge on any atom is -0.478 e. The molecule has 5 nitrogen and oxygen atoms in total. The van der Waals surface area contributed by atoms with Crippen molar-refractivity contribution in [2.75, 3.05) is 0 Å². The van der Waals surface area contributed by atoms with Gasteiger partial charge in [0.1, 0.15) is 5.82 Å². The van der Waals surface area contributed by atoms with Crippen LogP contribution in [0.15, 0.2) is 36.5 Å². The number of nitrogens with one attached hydrogen (secondary N) is 1. The van der Waals surface area contributed by atoms with Gasteiger partial charge in [0, 0.05) is 16.3 Å². The molecule has 6 heteroatoms. The van der Waals surface area contributed by atoms with Crippen LogP contribution in [0.25, 0.3) is 33.1 Å². The SMILES string of the molecule is O=C(O)c1ccc(-c2nc3ccc4[nH]ncc4c3c3c2CCCC3)cc1F. The van der Waals surface area contributed by atoms with Crippen molar-refractivity contribution < 1.29 is 14.3 Å². The fourth-order valence-corrected chi connectivity index (χ4v) is 4.12. The number of rotatable bonds is 2. The van der Waals surface area contributed by atoms with Gasteiger partial charge in [-0.15, -0.1) is 0 Å². The minimum atomic E-state index is -1.27. The number of hydrogen-bond donors (Lipinski definition) is 2. The number of carbonyl (C=O) groups is 1. The molecule has 5 rings (SSSR count). The quantitative estimate of drug-likeness (QED) is 0.551. The normalized spacial score (nSPS) is 13.8. The Morgan fingerprint density at radius 3 is 2.70 bits per heavy atom. The van der Waals surface area contributed by atoms with E-state index >= 15 is 0 Å². The maximum Gasteiger partial charge on any atom is 0.338 e. The summed E-state index contributed by atoms with van der Waals surface area (Å²) in [6.07, 6.45) is 5.82. The van der Waals surface area contributed by atoms with Gasteiger partial charge in [0.15, 0.2) is 0 Å². The highest BCUT2D eigenvalue weighted by Gasteiger charge is 2.22. The summed E-state index contributed by atoms with van der Waals surface area (Å²) in [5.74, 6) is -2.01. The molecule has 2 N–H and O–H groups in total. The highest BCUT2D eigenvalue weighted by atomic mass is 19.1. The van der Waals surface area contributed by atoms with Gasteiger partial charge in [-0.1, -0.05) is 6.07 Å². The number of H-pyrrole nitrogens is 1. The summed E-state index contributed by atoms with van der Waals surface area (Å²) in [6.45, 7) is 0. The first kappa shape index (κ1) is 15.9. The van der Waals surface area contributed by atoms with Crippen LogP contribution < -0.4 is 0 Å². The van der Waals surface area contributed by atoms with Crippen molar-refractivity contribution in [2.45, 2.75) is 25.7 Å². The third-order valence-electron chi connectivity index (χ3n) is 5.36. The number of hydrogen-bond acceptors (Lipinski definition) is 3. The molecular weight excluding hydrogens is 345 g/mol. The van der Waals surface area contributed by atoms with Crippen molar-refractivity contribution in [1.29, 1.82) is 0 Å². The Bertz CT molecular complexity index is 1230. The molecule has 0 unspecified atom stereocenters. The van der Waals surface area contributed by atoms with Gasteiger partial charge in [0.2, 0.25) is 0 Å². The molecule has 0 spiro atoms. The second-order valence-corrected chi connectivity index (χ2v) is 6.92. The van der Waals surface area contributed by atoms with Crippen LogP contribution in [0.2, 0.25) is 0 Å². The van der Waals surface area contributed by atoms with Crippen LogP contribution in [0.1, 0.15) is 34.3 Å². The van der Waals surface area contributed by atoms with Gasteiger partial charge in [-0.3, -0.25) is 5.10 Å². The van der Waals surface area contributed by atoms with Gasteiger partial charge in [-0.2, -0.15) is 5.10 Å². The molecule has 0 saturated carbocycles. The molecule has 1 aliphatic rings. The van der Waals surface area contributed by atoms with Crippen molar-refractivity contribution in [3.05, 3.63) is 59.0 Å². The molecule has 27 heavy (non-hydrogen) atoms. The van der Waals surface area contributed by atoms with Crippen LogP contribution >= 0.6 is 0 Å². The number of pyridine rings is 1. The molecule has 0 fully saturated rings. The molecule has 1 aliphatic carbocycles. The molecule has 0 aliphatic heterocycles. The molecule has 134 valence electrons. The van der Waals surface area contributed by atoms with Crippen molar-refractivity contribution in [2.24, 2.45) is 0 Å². The highest BCUT2D eigenvalue weighted by Crippen LogP contribution is 2.38. The van der Waals surface area contributed by atoms with Crippen molar-refractivity contribution in [1.82, 2.24) is 15.2 Å². The number of aromatic amines is 1. The van der Waals surface area contributed by atoms with Gasteiger partial charge >= 0.3 is 5.97 Å². The van der Waals surface area contributed by atoms with E-state index < -0.39 is 11.8 Å². The second-order valence-electron chi connectivity index (χ2n) is 6.92. The lowest BCUT2D eigenvalue weighted by Gasteiger charge is -2.22. The monoisotopic (exact) mass is 361 g/mol. The van der Waals surface area contributed by atoms with Crippen LogP contribution in [-0.4, -0.2) is 26.3 Å². The number of aromatic nitrogens is 3. The number of aryl methyl sites for hydroxylation is 1. The maximum absolute atomic E-state index is 14.3. The minimum absolute atomic E-state index is 0.325. The fourth-order valence-electron chi connectivity index (χ4n) is 4.12. The Hall–Kier alpha value is -3.28. The number of benzene rings is 2. The third kappa shape index (κ3) is 2.40. The molecule has 2 aromatic heterocycles. The number of halogens is 1. The van der Waals surface area contributed by atoms with E-state index in [1.807, 2.05) is 18.3 Å². The summed E-state index contributed by atoms with van der Waals surface area (Å²) < 4.78 is 14.3. The Balaban J connectivity index is 1.82. The van der Waals surface area contributed by atoms with Crippen LogP contribution in [0.3, 0.4) is 0 Å². The summed E-state index contributed by atoms with van der Waals surface area (Å²) >= 11 is 0. The van der Waals surface area contributed by atoms with E-state index in [1.54, 1.807) is 6.07 Å². The average Bonchev–Trinajstić information content (AvgIpc) is 3.15. The standard InChI is InChI=1S/C21H16FN3O2/c22-16-9-11(5-6-14(16)21(26)27)20-13-4-2-1-3-12(13)19-15-10-23-25-17(15)7-8-18(19)24-20/h5-10H,1-4H2,(H,23,25)(H,26,27). The first-order valence-electron chi connectivity index (χ1n) is 8.94. The Morgan fingerprint density at radius 1 is 1.11 bits per heavy atom. The van der Waals surface area contributed by atoms with Gasteiger partial charge in [0.05, 0.1) is 28.5 Å². The van der Waals surface area contributed by atoms with E-state index in [2.05, 4.69) is 10.2 Å². The highest BCUT2D eigenvalue weighted by molar-refractivity contribution is 6.07. The van der Waals surface area contributed by atoms with Gasteiger partial charge in [0.25, 0.3) is 0 Å².